The van der Waals surface area contributed by atoms with Crippen molar-refractivity contribution in [1.29, 1.82) is 0 Å². The van der Waals surface area contributed by atoms with Gasteiger partial charge in [0, 0.05) is 14.2 Å². The van der Waals surface area contributed by atoms with Crippen molar-refractivity contribution in [2.45, 2.75) is 0 Å². The van der Waals surface area contributed by atoms with Gasteiger partial charge in [0.1, 0.15) is 13.3 Å². The SMILES string of the molecule is CON=C(CP(=O)(OC)OC)C(=O)OC. The maximum atomic E-state index is 11.7. The number of hydrogen-bond acceptors (Lipinski definition) is 7. The maximum Gasteiger partial charge on any atom is 0.356 e. The highest BCUT2D eigenvalue weighted by Crippen LogP contribution is 2.46. The highest BCUT2D eigenvalue weighted by Gasteiger charge is 2.28. The van der Waals surface area contributed by atoms with Crippen LogP contribution in [0.5, 0.6) is 0 Å². The summed E-state index contributed by atoms with van der Waals surface area (Å²) < 4.78 is 25.4. The van der Waals surface area contributed by atoms with Gasteiger partial charge in [-0.25, -0.2) is 4.79 Å². The second kappa shape index (κ2) is 6.55. The summed E-state index contributed by atoms with van der Waals surface area (Å²) in [6.07, 6.45) is -0.305. The third-order valence-electron chi connectivity index (χ3n) is 1.52. The minimum absolute atomic E-state index is 0.160. The molecule has 0 unspecified atom stereocenters. The van der Waals surface area contributed by atoms with Gasteiger partial charge in [0.25, 0.3) is 0 Å². The van der Waals surface area contributed by atoms with E-state index in [1.807, 2.05) is 0 Å². The van der Waals surface area contributed by atoms with Crippen molar-refractivity contribution in [3.8, 4) is 0 Å². The monoisotopic (exact) mass is 239 g/mol. The van der Waals surface area contributed by atoms with E-state index in [1.54, 1.807) is 0 Å². The molecule has 15 heavy (non-hydrogen) atoms. The molecule has 0 amide bonds. The summed E-state index contributed by atoms with van der Waals surface area (Å²) in [5.74, 6) is -0.744. The molecule has 0 aromatic heterocycles. The van der Waals surface area contributed by atoms with Gasteiger partial charge in [-0.1, -0.05) is 5.16 Å². The van der Waals surface area contributed by atoms with Crippen LogP contribution in [0.3, 0.4) is 0 Å². The fraction of sp³-hybridized carbons (Fsp3) is 0.714. The van der Waals surface area contributed by atoms with E-state index in [2.05, 4.69) is 23.8 Å². The first kappa shape index (κ1) is 14.1. The standard InChI is InChI=1S/C7H14NO6P/c1-11-7(9)6(8-12-2)5-15(10,13-3)14-4/h5H2,1-4H3. The van der Waals surface area contributed by atoms with Crippen molar-refractivity contribution in [1.82, 2.24) is 0 Å². The number of oxime groups is 1. The normalized spacial score (nSPS) is 12.4. The van der Waals surface area contributed by atoms with Crippen LogP contribution in [0.1, 0.15) is 0 Å². The van der Waals surface area contributed by atoms with Crippen LogP contribution in [0, 0.1) is 0 Å². The highest BCUT2D eigenvalue weighted by molar-refractivity contribution is 7.55. The summed E-state index contributed by atoms with van der Waals surface area (Å²) >= 11 is 0. The van der Waals surface area contributed by atoms with Crippen LogP contribution < -0.4 is 0 Å². The van der Waals surface area contributed by atoms with Crippen molar-refractivity contribution in [3.05, 3.63) is 0 Å². The maximum absolute atomic E-state index is 11.7. The van der Waals surface area contributed by atoms with E-state index in [0.29, 0.717) is 0 Å². The van der Waals surface area contributed by atoms with Gasteiger partial charge < -0.3 is 18.6 Å². The van der Waals surface area contributed by atoms with Gasteiger partial charge in [-0.3, -0.25) is 4.57 Å². The van der Waals surface area contributed by atoms with Crippen molar-refractivity contribution >= 4 is 19.3 Å². The van der Waals surface area contributed by atoms with Gasteiger partial charge in [0.05, 0.1) is 7.11 Å². The Balaban J connectivity index is 4.76. The van der Waals surface area contributed by atoms with E-state index in [1.165, 1.54) is 28.4 Å². The molecule has 0 radical (unpaired) electrons. The lowest BCUT2D eigenvalue weighted by atomic mass is 10.4. The lowest BCUT2D eigenvalue weighted by Crippen LogP contribution is -2.21. The smallest absolute Gasteiger partial charge is 0.356 e. The largest absolute Gasteiger partial charge is 0.464 e. The lowest BCUT2D eigenvalue weighted by Gasteiger charge is -2.13. The molecule has 0 aromatic carbocycles. The van der Waals surface area contributed by atoms with E-state index in [4.69, 9.17) is 0 Å². The molecule has 0 fully saturated rings. The zero-order valence-corrected chi connectivity index (χ0v) is 9.95. The Bertz CT molecular complexity index is 281. The topological polar surface area (TPSA) is 83.4 Å². The van der Waals surface area contributed by atoms with Gasteiger partial charge in [-0.15, -0.1) is 0 Å². The number of esters is 1. The molecule has 7 nitrogen and oxygen atoms in total. The van der Waals surface area contributed by atoms with E-state index in [-0.39, 0.29) is 11.9 Å². The van der Waals surface area contributed by atoms with Crippen LogP contribution in [0.4, 0.5) is 0 Å². The first-order valence-corrected chi connectivity index (χ1v) is 5.64. The predicted octanol–water partition coefficient (Wildman–Crippen LogP) is 0.648. The second-order valence-electron chi connectivity index (χ2n) is 2.35. The lowest BCUT2D eigenvalue weighted by molar-refractivity contribution is -0.132. The summed E-state index contributed by atoms with van der Waals surface area (Å²) in [5.41, 5.74) is -0.160. The van der Waals surface area contributed by atoms with Gasteiger partial charge >= 0.3 is 13.6 Å². The molecule has 0 spiro atoms. The minimum atomic E-state index is -3.35. The van der Waals surface area contributed by atoms with E-state index in [0.717, 1.165) is 0 Å². The van der Waals surface area contributed by atoms with Crippen molar-refractivity contribution in [3.63, 3.8) is 0 Å². The molecule has 0 aromatic rings. The summed E-state index contributed by atoms with van der Waals surface area (Å²) in [5, 5.41) is 3.39. The molecule has 0 rings (SSSR count). The van der Waals surface area contributed by atoms with Crippen molar-refractivity contribution < 1.29 is 28.0 Å². The number of hydrogen-bond donors (Lipinski definition) is 0. The first-order valence-electron chi connectivity index (χ1n) is 3.91. The third kappa shape index (κ3) is 4.42. The van der Waals surface area contributed by atoms with Crippen LogP contribution in [-0.4, -0.2) is 46.3 Å². The summed E-state index contributed by atoms with van der Waals surface area (Å²) in [4.78, 5) is 15.6. The van der Waals surface area contributed by atoms with Gasteiger partial charge in [0.15, 0.2) is 5.71 Å². The van der Waals surface area contributed by atoms with Gasteiger partial charge in [-0.2, -0.15) is 0 Å². The van der Waals surface area contributed by atoms with Crippen LogP contribution in [-0.2, 0) is 28.0 Å². The minimum Gasteiger partial charge on any atom is -0.464 e. The fourth-order valence-electron chi connectivity index (χ4n) is 0.746. The molecule has 0 atom stereocenters. The molecule has 0 N–H and O–H groups in total. The molecular formula is C7H14NO6P. The Morgan fingerprint density at radius 1 is 1.20 bits per heavy atom. The molecular weight excluding hydrogens is 225 g/mol. The predicted molar refractivity (Wildman–Crippen MR) is 53.0 cm³/mol. The number of ether oxygens (including phenoxy) is 1. The summed E-state index contributed by atoms with van der Waals surface area (Å²) in [7, 11) is 1.52. The Hall–Kier alpha value is -0.910. The van der Waals surface area contributed by atoms with Gasteiger partial charge in [0.2, 0.25) is 0 Å². The Labute approximate surface area is 87.9 Å². The molecule has 0 bridgehead atoms. The number of nitrogens with zero attached hydrogens (tertiary/aromatic N) is 1. The Kier molecular flexibility index (Phi) is 6.15. The Morgan fingerprint density at radius 3 is 2.07 bits per heavy atom. The Morgan fingerprint density at radius 2 is 1.73 bits per heavy atom. The summed E-state index contributed by atoms with van der Waals surface area (Å²) in [6.45, 7) is 0. The molecule has 0 aliphatic carbocycles. The van der Waals surface area contributed by atoms with Crippen LogP contribution in [0.25, 0.3) is 0 Å². The number of carbonyl (C=O) groups is 1. The molecule has 8 heteroatoms. The van der Waals surface area contributed by atoms with Crippen LogP contribution >= 0.6 is 7.60 Å². The number of carbonyl (C=O) groups excluding carboxylic acids is 1. The number of methoxy groups -OCH3 is 1. The molecule has 0 aliphatic heterocycles. The third-order valence-corrected chi connectivity index (χ3v) is 3.32. The number of rotatable bonds is 6. The van der Waals surface area contributed by atoms with Crippen molar-refractivity contribution in [2.24, 2.45) is 5.16 Å². The molecule has 0 heterocycles. The van der Waals surface area contributed by atoms with E-state index < -0.39 is 13.6 Å². The fourth-order valence-corrected chi connectivity index (χ4v) is 1.71. The van der Waals surface area contributed by atoms with Crippen LogP contribution in [0.15, 0.2) is 5.16 Å². The summed E-state index contributed by atoms with van der Waals surface area (Å²) in [6, 6.07) is 0. The zero-order chi connectivity index (χ0) is 11.9. The van der Waals surface area contributed by atoms with Crippen molar-refractivity contribution in [2.75, 3.05) is 34.6 Å². The highest BCUT2D eigenvalue weighted by atomic mass is 31.2. The van der Waals surface area contributed by atoms with E-state index in [9.17, 15) is 9.36 Å². The second-order valence-corrected chi connectivity index (χ2v) is 4.61. The average Bonchev–Trinajstić information content (AvgIpc) is 2.27. The molecule has 0 aliphatic rings. The molecule has 0 saturated carbocycles. The molecule has 0 saturated heterocycles. The zero-order valence-electron chi connectivity index (χ0n) is 9.05. The van der Waals surface area contributed by atoms with Crippen LogP contribution in [0.2, 0.25) is 0 Å². The average molecular weight is 239 g/mol. The quantitative estimate of drug-likeness (QED) is 0.293. The molecule has 88 valence electrons. The first-order chi connectivity index (χ1) is 7.02. The van der Waals surface area contributed by atoms with E-state index >= 15 is 0 Å². The van der Waals surface area contributed by atoms with Gasteiger partial charge in [-0.05, 0) is 0 Å².